The lowest BCUT2D eigenvalue weighted by Gasteiger charge is -2.17. The molecule has 114 valence electrons. The number of rotatable bonds is 7. The monoisotopic (exact) mass is 367 g/mol. The Kier molecular flexibility index (Phi) is 6.27. The summed E-state index contributed by atoms with van der Waals surface area (Å²) in [5, 5.41) is 3.66. The number of benzene rings is 1. The Morgan fingerprint density at radius 1 is 1.33 bits per heavy atom. The van der Waals surface area contributed by atoms with Gasteiger partial charge in [0.25, 0.3) is 0 Å². The minimum absolute atomic E-state index is 0.354. The summed E-state index contributed by atoms with van der Waals surface area (Å²) in [7, 11) is 1.71. The zero-order chi connectivity index (χ0) is 15.2. The first-order chi connectivity index (χ1) is 10.1. The number of thiophene rings is 1. The van der Waals surface area contributed by atoms with Crippen LogP contribution in [0.4, 0.5) is 0 Å². The maximum absolute atomic E-state index is 5.32. The van der Waals surface area contributed by atoms with Crippen molar-refractivity contribution < 1.29 is 4.74 Å². The maximum atomic E-state index is 5.32. The van der Waals surface area contributed by atoms with Crippen molar-refractivity contribution in [3.8, 4) is 5.75 Å². The summed E-state index contributed by atoms with van der Waals surface area (Å²) in [6, 6.07) is 10.9. The second kappa shape index (κ2) is 7.97. The van der Waals surface area contributed by atoms with Crippen LogP contribution in [0, 0.1) is 6.92 Å². The van der Waals surface area contributed by atoms with E-state index in [1.54, 1.807) is 7.11 Å². The third-order valence-corrected chi connectivity index (χ3v) is 5.68. The molecule has 1 atom stereocenters. The second-order valence-corrected chi connectivity index (χ2v) is 7.26. The smallest absolute Gasteiger partial charge is 0.119 e. The van der Waals surface area contributed by atoms with Gasteiger partial charge in [0.2, 0.25) is 0 Å². The summed E-state index contributed by atoms with van der Waals surface area (Å²) in [5.74, 6) is 0.922. The van der Waals surface area contributed by atoms with Crippen LogP contribution in [0.5, 0.6) is 5.75 Å². The molecule has 0 spiro atoms. The lowest BCUT2D eigenvalue weighted by Crippen LogP contribution is -2.23. The van der Waals surface area contributed by atoms with Crippen molar-refractivity contribution in [2.45, 2.75) is 32.7 Å². The van der Waals surface area contributed by atoms with Gasteiger partial charge < -0.3 is 10.1 Å². The molecule has 1 heterocycles. The highest BCUT2D eigenvalue weighted by Crippen LogP contribution is 2.32. The average molecular weight is 368 g/mol. The van der Waals surface area contributed by atoms with Crippen LogP contribution in [0.1, 0.15) is 34.7 Å². The molecule has 0 saturated carbocycles. The normalized spacial score (nSPS) is 12.4. The first-order valence-electron chi connectivity index (χ1n) is 7.26. The van der Waals surface area contributed by atoms with Crippen LogP contribution in [-0.2, 0) is 6.42 Å². The van der Waals surface area contributed by atoms with E-state index in [9.17, 15) is 0 Å². The molecule has 1 unspecified atom stereocenters. The minimum Gasteiger partial charge on any atom is -0.497 e. The quantitative estimate of drug-likeness (QED) is 0.733. The van der Waals surface area contributed by atoms with Crippen molar-refractivity contribution >= 4 is 27.3 Å². The molecular formula is C17H22BrNOS. The number of halogens is 1. The molecule has 0 radical (unpaired) electrons. The van der Waals surface area contributed by atoms with Gasteiger partial charge in [-0.1, -0.05) is 19.1 Å². The largest absolute Gasteiger partial charge is 0.497 e. The Bertz CT molecular complexity index is 562. The molecule has 0 bridgehead atoms. The molecule has 2 rings (SSSR count). The van der Waals surface area contributed by atoms with Crippen molar-refractivity contribution in [1.29, 1.82) is 0 Å². The number of nitrogens with one attached hydrogen (secondary N) is 1. The van der Waals surface area contributed by atoms with E-state index in [1.807, 2.05) is 17.4 Å². The summed E-state index contributed by atoms with van der Waals surface area (Å²) in [6.07, 6.45) is 2.11. The molecule has 0 saturated heterocycles. The summed E-state index contributed by atoms with van der Waals surface area (Å²) < 4.78 is 6.53. The van der Waals surface area contributed by atoms with E-state index in [1.165, 1.54) is 19.8 Å². The summed E-state index contributed by atoms with van der Waals surface area (Å²) in [6.45, 7) is 5.38. The van der Waals surface area contributed by atoms with Crippen LogP contribution in [0.25, 0.3) is 0 Å². The highest BCUT2D eigenvalue weighted by molar-refractivity contribution is 9.10. The van der Waals surface area contributed by atoms with E-state index < -0.39 is 0 Å². The van der Waals surface area contributed by atoms with Crippen molar-refractivity contribution in [1.82, 2.24) is 5.32 Å². The van der Waals surface area contributed by atoms with E-state index in [0.717, 1.165) is 25.1 Å². The first kappa shape index (κ1) is 16.5. The zero-order valence-electron chi connectivity index (χ0n) is 12.8. The Labute approximate surface area is 139 Å². The van der Waals surface area contributed by atoms with Gasteiger partial charge in [0.1, 0.15) is 5.75 Å². The molecule has 1 aromatic heterocycles. The van der Waals surface area contributed by atoms with Crippen molar-refractivity contribution in [3.63, 3.8) is 0 Å². The van der Waals surface area contributed by atoms with Crippen LogP contribution >= 0.6 is 27.3 Å². The topological polar surface area (TPSA) is 21.3 Å². The first-order valence-corrected chi connectivity index (χ1v) is 8.87. The Morgan fingerprint density at radius 2 is 2.14 bits per heavy atom. The highest BCUT2D eigenvalue weighted by Gasteiger charge is 2.15. The zero-order valence-corrected chi connectivity index (χ0v) is 15.2. The van der Waals surface area contributed by atoms with Gasteiger partial charge >= 0.3 is 0 Å². The van der Waals surface area contributed by atoms with E-state index in [0.29, 0.717) is 6.04 Å². The number of ether oxygens (including phenoxy) is 1. The number of aryl methyl sites for hydroxylation is 1. The van der Waals surface area contributed by atoms with Gasteiger partial charge in [-0.2, -0.15) is 0 Å². The molecule has 0 amide bonds. The predicted molar refractivity (Wildman–Crippen MR) is 94.5 cm³/mol. The minimum atomic E-state index is 0.354. The van der Waals surface area contributed by atoms with Gasteiger partial charge in [0.15, 0.2) is 0 Å². The fourth-order valence-corrected chi connectivity index (χ4v) is 3.92. The molecule has 2 nitrogen and oxygen atoms in total. The molecule has 2 aromatic rings. The van der Waals surface area contributed by atoms with Gasteiger partial charge in [-0.15, -0.1) is 11.3 Å². The fourth-order valence-electron chi connectivity index (χ4n) is 2.28. The van der Waals surface area contributed by atoms with E-state index >= 15 is 0 Å². The Balaban J connectivity index is 2.19. The second-order valence-electron chi connectivity index (χ2n) is 5.12. The van der Waals surface area contributed by atoms with E-state index in [2.05, 4.69) is 59.4 Å². The fraction of sp³-hybridized carbons (Fsp3) is 0.412. The van der Waals surface area contributed by atoms with Gasteiger partial charge in [-0.05, 0) is 66.0 Å². The average Bonchev–Trinajstić information content (AvgIpc) is 2.83. The van der Waals surface area contributed by atoms with Gasteiger partial charge in [0, 0.05) is 20.3 Å². The molecule has 21 heavy (non-hydrogen) atoms. The van der Waals surface area contributed by atoms with Crippen molar-refractivity contribution in [2.24, 2.45) is 0 Å². The molecule has 0 aliphatic carbocycles. The Hall–Kier alpha value is -0.840. The van der Waals surface area contributed by atoms with E-state index in [4.69, 9.17) is 4.74 Å². The third-order valence-electron chi connectivity index (χ3n) is 3.43. The maximum Gasteiger partial charge on any atom is 0.119 e. The van der Waals surface area contributed by atoms with E-state index in [-0.39, 0.29) is 0 Å². The summed E-state index contributed by atoms with van der Waals surface area (Å²) >= 11 is 5.48. The van der Waals surface area contributed by atoms with Gasteiger partial charge in [0.05, 0.1) is 7.11 Å². The van der Waals surface area contributed by atoms with Gasteiger partial charge in [-0.25, -0.2) is 0 Å². The number of methoxy groups -OCH3 is 1. The molecule has 1 aromatic carbocycles. The van der Waals surface area contributed by atoms with Crippen LogP contribution in [0.3, 0.4) is 0 Å². The predicted octanol–water partition coefficient (Wildman–Crippen LogP) is 5.11. The molecule has 0 fully saturated rings. The molecule has 0 aliphatic rings. The highest BCUT2D eigenvalue weighted by atomic mass is 79.9. The van der Waals surface area contributed by atoms with Crippen LogP contribution < -0.4 is 10.1 Å². The van der Waals surface area contributed by atoms with Crippen LogP contribution in [-0.4, -0.2) is 13.7 Å². The molecular weight excluding hydrogens is 346 g/mol. The SMILES string of the molecule is CCCNC(Cc1cccc(OC)c1)c1cc(Br)c(C)s1. The summed E-state index contributed by atoms with van der Waals surface area (Å²) in [5.41, 5.74) is 1.30. The Morgan fingerprint density at radius 3 is 2.76 bits per heavy atom. The standard InChI is InChI=1S/C17H22BrNOS/c1-4-8-19-16(17-11-15(18)12(2)21-17)10-13-6-5-7-14(9-13)20-3/h5-7,9,11,16,19H,4,8,10H2,1-3H3. The molecule has 0 aliphatic heterocycles. The van der Waals surface area contributed by atoms with Crippen LogP contribution in [0.15, 0.2) is 34.8 Å². The van der Waals surface area contributed by atoms with Crippen LogP contribution in [0.2, 0.25) is 0 Å². The third kappa shape index (κ3) is 4.56. The van der Waals surface area contributed by atoms with Crippen molar-refractivity contribution in [3.05, 3.63) is 50.1 Å². The molecule has 4 heteroatoms. The van der Waals surface area contributed by atoms with Gasteiger partial charge in [-0.3, -0.25) is 0 Å². The lowest BCUT2D eigenvalue weighted by molar-refractivity contribution is 0.414. The number of hydrogen-bond donors (Lipinski definition) is 1. The summed E-state index contributed by atoms with van der Waals surface area (Å²) in [4.78, 5) is 2.72. The molecule has 1 N–H and O–H groups in total. The lowest BCUT2D eigenvalue weighted by atomic mass is 10.0. The number of hydrogen-bond acceptors (Lipinski definition) is 3. The van der Waals surface area contributed by atoms with Crippen molar-refractivity contribution in [2.75, 3.05) is 13.7 Å².